The first-order chi connectivity index (χ1) is 14.3. The number of amides is 1. The van der Waals surface area contributed by atoms with Crippen LogP contribution in [0.3, 0.4) is 0 Å². The Morgan fingerprint density at radius 3 is 2.67 bits per heavy atom. The van der Waals surface area contributed by atoms with E-state index in [1.54, 1.807) is 19.1 Å². The SMILES string of the molecule is CC(=O)N1CCC(c2nc(-c3ccc4c(c3)[nH]c(=O)c(=O)n4CC(C)C)no2)CC1. The van der Waals surface area contributed by atoms with Gasteiger partial charge in [0.05, 0.1) is 11.0 Å². The predicted molar refractivity (Wildman–Crippen MR) is 111 cm³/mol. The molecular weight excluding hydrogens is 386 g/mol. The van der Waals surface area contributed by atoms with Crippen LogP contribution in [0.1, 0.15) is 45.4 Å². The predicted octanol–water partition coefficient (Wildman–Crippen LogP) is 2.12. The van der Waals surface area contributed by atoms with Crippen molar-refractivity contribution >= 4 is 16.9 Å². The fraction of sp³-hybridized carbons (Fsp3) is 0.476. The van der Waals surface area contributed by atoms with Crippen molar-refractivity contribution in [3.05, 3.63) is 44.8 Å². The number of aromatic amines is 1. The Morgan fingerprint density at radius 2 is 2.00 bits per heavy atom. The second-order valence-corrected chi connectivity index (χ2v) is 8.23. The smallest absolute Gasteiger partial charge is 0.316 e. The van der Waals surface area contributed by atoms with Crippen molar-refractivity contribution in [2.24, 2.45) is 5.92 Å². The molecule has 1 N–H and O–H groups in total. The lowest BCUT2D eigenvalue weighted by Crippen LogP contribution is -2.37. The number of carbonyl (C=O) groups excluding carboxylic acids is 1. The molecule has 0 radical (unpaired) electrons. The van der Waals surface area contributed by atoms with Gasteiger partial charge >= 0.3 is 11.1 Å². The summed E-state index contributed by atoms with van der Waals surface area (Å²) in [5.41, 5.74) is 0.717. The molecule has 3 aromatic rings. The van der Waals surface area contributed by atoms with E-state index in [2.05, 4.69) is 15.1 Å². The lowest BCUT2D eigenvalue weighted by Gasteiger charge is -2.29. The molecule has 1 amide bonds. The molecule has 9 heteroatoms. The minimum atomic E-state index is -0.647. The second-order valence-electron chi connectivity index (χ2n) is 8.23. The maximum absolute atomic E-state index is 12.3. The number of benzene rings is 1. The molecule has 0 atom stereocenters. The van der Waals surface area contributed by atoms with Crippen molar-refractivity contribution < 1.29 is 9.32 Å². The molecule has 1 fully saturated rings. The van der Waals surface area contributed by atoms with E-state index in [9.17, 15) is 14.4 Å². The van der Waals surface area contributed by atoms with Crippen LogP contribution in [0.2, 0.25) is 0 Å². The Kier molecular flexibility index (Phi) is 5.27. The van der Waals surface area contributed by atoms with E-state index < -0.39 is 11.1 Å². The molecule has 1 aliphatic heterocycles. The van der Waals surface area contributed by atoms with E-state index in [0.717, 1.165) is 12.8 Å². The van der Waals surface area contributed by atoms with Crippen LogP contribution in [0.25, 0.3) is 22.4 Å². The molecule has 0 bridgehead atoms. The lowest BCUT2D eigenvalue weighted by atomic mass is 9.97. The maximum Gasteiger partial charge on any atom is 0.316 e. The lowest BCUT2D eigenvalue weighted by molar-refractivity contribution is -0.129. The summed E-state index contributed by atoms with van der Waals surface area (Å²) in [6, 6.07) is 5.38. The van der Waals surface area contributed by atoms with Gasteiger partial charge in [0, 0.05) is 38.0 Å². The molecule has 2 aromatic heterocycles. The van der Waals surface area contributed by atoms with Gasteiger partial charge in [-0.2, -0.15) is 4.98 Å². The third-order valence-electron chi connectivity index (χ3n) is 5.51. The number of carbonyl (C=O) groups is 1. The number of nitrogens with zero attached hydrogens (tertiary/aromatic N) is 4. The molecule has 1 aromatic carbocycles. The maximum atomic E-state index is 12.3. The third-order valence-corrected chi connectivity index (χ3v) is 5.51. The van der Waals surface area contributed by atoms with Gasteiger partial charge in [-0.3, -0.25) is 14.4 Å². The molecule has 9 nitrogen and oxygen atoms in total. The summed E-state index contributed by atoms with van der Waals surface area (Å²) < 4.78 is 7.00. The highest BCUT2D eigenvalue weighted by molar-refractivity contribution is 5.80. The highest BCUT2D eigenvalue weighted by Crippen LogP contribution is 2.29. The molecule has 158 valence electrons. The molecule has 1 aliphatic rings. The topological polar surface area (TPSA) is 114 Å². The molecule has 30 heavy (non-hydrogen) atoms. The summed E-state index contributed by atoms with van der Waals surface area (Å²) in [4.78, 5) is 44.9. The van der Waals surface area contributed by atoms with Crippen LogP contribution in [-0.4, -0.2) is 43.6 Å². The summed E-state index contributed by atoms with van der Waals surface area (Å²) in [6.45, 7) is 7.40. The average molecular weight is 411 g/mol. The number of H-pyrrole nitrogens is 1. The zero-order valence-corrected chi connectivity index (χ0v) is 17.3. The monoisotopic (exact) mass is 411 g/mol. The van der Waals surface area contributed by atoms with Gasteiger partial charge < -0.3 is 19.0 Å². The molecular formula is C21H25N5O4. The van der Waals surface area contributed by atoms with Gasteiger partial charge in [0.2, 0.25) is 17.6 Å². The largest absolute Gasteiger partial charge is 0.343 e. The van der Waals surface area contributed by atoms with Crippen molar-refractivity contribution in [3.8, 4) is 11.4 Å². The minimum absolute atomic E-state index is 0.0840. The summed E-state index contributed by atoms with van der Waals surface area (Å²) >= 11 is 0. The van der Waals surface area contributed by atoms with Crippen LogP contribution < -0.4 is 11.1 Å². The number of likely N-dealkylation sites (tertiary alicyclic amines) is 1. The quantitative estimate of drug-likeness (QED) is 0.658. The zero-order valence-electron chi connectivity index (χ0n) is 17.3. The van der Waals surface area contributed by atoms with Crippen LogP contribution in [0.4, 0.5) is 0 Å². The molecule has 4 rings (SSSR count). The van der Waals surface area contributed by atoms with E-state index in [0.29, 0.717) is 47.9 Å². The normalized spacial score (nSPS) is 15.3. The van der Waals surface area contributed by atoms with Crippen LogP contribution in [0.5, 0.6) is 0 Å². The minimum Gasteiger partial charge on any atom is -0.343 e. The molecule has 0 unspecified atom stereocenters. The number of piperidine rings is 1. The standard InChI is InChI=1S/C21H25N5O4/c1-12(2)11-26-17-5-4-15(10-16(17)22-19(28)21(26)29)18-23-20(30-24-18)14-6-8-25(9-7-14)13(3)27/h4-5,10,12,14H,6-9,11H2,1-3H3,(H,22,28). The number of hydrogen-bond acceptors (Lipinski definition) is 6. The van der Waals surface area contributed by atoms with Gasteiger partial charge in [-0.25, -0.2) is 0 Å². The van der Waals surface area contributed by atoms with Crippen LogP contribution in [0, 0.1) is 5.92 Å². The van der Waals surface area contributed by atoms with E-state index in [-0.39, 0.29) is 17.7 Å². The highest BCUT2D eigenvalue weighted by Gasteiger charge is 2.26. The highest BCUT2D eigenvalue weighted by atomic mass is 16.5. The van der Waals surface area contributed by atoms with E-state index in [1.165, 1.54) is 4.57 Å². The van der Waals surface area contributed by atoms with Gasteiger partial charge in [-0.1, -0.05) is 19.0 Å². The summed E-state index contributed by atoms with van der Waals surface area (Å²) in [5, 5.41) is 4.11. The Bertz CT molecular complexity index is 1200. The third kappa shape index (κ3) is 3.79. The fourth-order valence-electron chi connectivity index (χ4n) is 3.92. The molecule has 0 saturated carbocycles. The summed E-state index contributed by atoms with van der Waals surface area (Å²) in [7, 11) is 0. The summed E-state index contributed by atoms with van der Waals surface area (Å²) in [5.74, 6) is 1.43. The number of nitrogens with one attached hydrogen (secondary N) is 1. The molecule has 0 aliphatic carbocycles. The van der Waals surface area contributed by atoms with E-state index >= 15 is 0 Å². The summed E-state index contributed by atoms with van der Waals surface area (Å²) in [6.07, 6.45) is 1.57. The first-order valence-corrected chi connectivity index (χ1v) is 10.2. The molecule has 0 spiro atoms. The fourth-order valence-corrected chi connectivity index (χ4v) is 3.92. The second kappa shape index (κ2) is 7.89. The first kappa shape index (κ1) is 20.1. The van der Waals surface area contributed by atoms with Crippen LogP contribution >= 0.6 is 0 Å². The molecule has 1 saturated heterocycles. The van der Waals surface area contributed by atoms with Gasteiger partial charge in [0.25, 0.3) is 0 Å². The van der Waals surface area contributed by atoms with Crippen molar-refractivity contribution in [1.29, 1.82) is 0 Å². The van der Waals surface area contributed by atoms with Crippen molar-refractivity contribution in [2.75, 3.05) is 13.1 Å². The van der Waals surface area contributed by atoms with Gasteiger partial charge in [0.15, 0.2) is 0 Å². The Morgan fingerprint density at radius 1 is 1.27 bits per heavy atom. The van der Waals surface area contributed by atoms with E-state index in [4.69, 9.17) is 4.52 Å². The van der Waals surface area contributed by atoms with E-state index in [1.807, 2.05) is 24.8 Å². The number of aromatic nitrogens is 4. The zero-order chi connectivity index (χ0) is 21.4. The Balaban J connectivity index is 1.63. The number of rotatable bonds is 4. The van der Waals surface area contributed by atoms with Crippen LogP contribution in [-0.2, 0) is 11.3 Å². The van der Waals surface area contributed by atoms with Crippen LogP contribution in [0.15, 0.2) is 32.3 Å². The average Bonchev–Trinajstić information content (AvgIpc) is 3.21. The van der Waals surface area contributed by atoms with Gasteiger partial charge in [0.1, 0.15) is 0 Å². The van der Waals surface area contributed by atoms with Gasteiger partial charge in [-0.15, -0.1) is 0 Å². The van der Waals surface area contributed by atoms with Crippen molar-refractivity contribution in [2.45, 2.75) is 46.1 Å². The number of hydrogen-bond donors (Lipinski definition) is 1. The Hall–Kier alpha value is -3.23. The number of fused-ring (bicyclic) bond motifs is 1. The van der Waals surface area contributed by atoms with Gasteiger partial charge in [-0.05, 0) is 37.0 Å². The van der Waals surface area contributed by atoms with Crippen molar-refractivity contribution in [1.82, 2.24) is 24.6 Å². The first-order valence-electron chi connectivity index (χ1n) is 10.2. The Labute approximate surface area is 172 Å². The molecule has 3 heterocycles. The van der Waals surface area contributed by atoms with Crippen molar-refractivity contribution in [3.63, 3.8) is 0 Å².